The number of piperazine rings is 1. The molecule has 0 aliphatic carbocycles. The lowest BCUT2D eigenvalue weighted by Crippen LogP contribution is -2.44. The second-order valence-electron chi connectivity index (χ2n) is 6.48. The Morgan fingerprint density at radius 2 is 1.70 bits per heavy atom. The topological polar surface area (TPSA) is 95.7 Å². The zero-order chi connectivity index (χ0) is 19.6. The summed E-state index contributed by atoms with van der Waals surface area (Å²) in [6.07, 6.45) is 0. The van der Waals surface area contributed by atoms with Gasteiger partial charge in [-0.05, 0) is 49.5 Å². The van der Waals surface area contributed by atoms with E-state index in [0.29, 0.717) is 5.69 Å². The number of nitrogens with two attached hydrogens (primary N) is 1. The molecular weight excluding hydrogens is 388 g/mol. The van der Waals surface area contributed by atoms with Gasteiger partial charge in [-0.3, -0.25) is 4.79 Å². The first-order chi connectivity index (χ1) is 12.7. The standard InChI is InChI=1S/C18H21ClN4O3S/c1-22-8-10-23(11-9-22)15-5-3-14(4-6-15)21-18(24)13-2-7-16(19)17(12-13)27(20,25)26/h2-7,12H,8-11H2,1H3,(H,21,24)(H2,20,25,26). The molecule has 0 saturated carbocycles. The highest BCUT2D eigenvalue weighted by atomic mass is 35.5. The lowest BCUT2D eigenvalue weighted by atomic mass is 10.2. The van der Waals surface area contributed by atoms with Gasteiger partial charge in [-0.1, -0.05) is 11.6 Å². The molecular formula is C18H21ClN4O3S. The zero-order valence-electron chi connectivity index (χ0n) is 14.9. The fraction of sp³-hybridized carbons (Fsp3) is 0.278. The van der Waals surface area contributed by atoms with Crippen molar-refractivity contribution in [1.82, 2.24) is 4.90 Å². The van der Waals surface area contributed by atoms with Gasteiger partial charge in [-0.25, -0.2) is 13.6 Å². The quantitative estimate of drug-likeness (QED) is 0.806. The fourth-order valence-corrected chi connectivity index (χ4v) is 3.96. The van der Waals surface area contributed by atoms with Crippen molar-refractivity contribution in [2.24, 2.45) is 5.14 Å². The maximum atomic E-state index is 12.4. The molecule has 144 valence electrons. The molecule has 1 aliphatic heterocycles. The predicted molar refractivity (Wildman–Crippen MR) is 107 cm³/mol. The second kappa shape index (κ2) is 7.85. The number of primary sulfonamides is 1. The van der Waals surface area contributed by atoms with Crippen LogP contribution in [0.1, 0.15) is 10.4 Å². The van der Waals surface area contributed by atoms with E-state index in [0.717, 1.165) is 31.9 Å². The van der Waals surface area contributed by atoms with Gasteiger partial charge >= 0.3 is 0 Å². The van der Waals surface area contributed by atoms with E-state index in [9.17, 15) is 13.2 Å². The second-order valence-corrected chi connectivity index (χ2v) is 8.42. The summed E-state index contributed by atoms with van der Waals surface area (Å²) in [5, 5.41) is 7.85. The van der Waals surface area contributed by atoms with E-state index in [-0.39, 0.29) is 15.5 Å². The molecule has 0 aromatic heterocycles. The van der Waals surface area contributed by atoms with Gasteiger partial charge in [0.25, 0.3) is 5.91 Å². The number of nitrogens with one attached hydrogen (secondary N) is 1. The number of nitrogens with zero attached hydrogens (tertiary/aromatic N) is 2. The minimum absolute atomic E-state index is 0.0226. The Hall–Kier alpha value is -2.13. The smallest absolute Gasteiger partial charge is 0.255 e. The van der Waals surface area contributed by atoms with Crippen LogP contribution in [-0.4, -0.2) is 52.5 Å². The molecule has 27 heavy (non-hydrogen) atoms. The van der Waals surface area contributed by atoms with E-state index in [1.807, 2.05) is 24.3 Å². The number of carbonyl (C=O) groups excluding carboxylic acids is 1. The highest BCUT2D eigenvalue weighted by Gasteiger charge is 2.17. The molecule has 0 unspecified atom stereocenters. The van der Waals surface area contributed by atoms with E-state index in [1.54, 1.807) is 0 Å². The molecule has 0 radical (unpaired) electrons. The summed E-state index contributed by atoms with van der Waals surface area (Å²) in [4.78, 5) is 16.7. The van der Waals surface area contributed by atoms with Crippen LogP contribution in [-0.2, 0) is 10.0 Å². The van der Waals surface area contributed by atoms with Crippen LogP contribution in [0, 0.1) is 0 Å². The van der Waals surface area contributed by atoms with Crippen molar-refractivity contribution in [3.8, 4) is 0 Å². The van der Waals surface area contributed by atoms with Crippen molar-refractivity contribution in [1.29, 1.82) is 0 Å². The first kappa shape index (κ1) is 19.6. The van der Waals surface area contributed by atoms with Gasteiger partial charge < -0.3 is 15.1 Å². The first-order valence-corrected chi connectivity index (χ1v) is 10.3. The van der Waals surface area contributed by atoms with Crippen LogP contribution in [0.2, 0.25) is 5.02 Å². The number of halogens is 1. The zero-order valence-corrected chi connectivity index (χ0v) is 16.4. The summed E-state index contributed by atoms with van der Waals surface area (Å²) >= 11 is 5.85. The van der Waals surface area contributed by atoms with Gasteiger partial charge in [-0.2, -0.15) is 0 Å². The summed E-state index contributed by atoms with van der Waals surface area (Å²) in [5.74, 6) is -0.441. The maximum absolute atomic E-state index is 12.4. The van der Waals surface area contributed by atoms with Crippen LogP contribution in [0.3, 0.4) is 0 Å². The molecule has 1 aliphatic rings. The average molecular weight is 409 g/mol. The van der Waals surface area contributed by atoms with Crippen LogP contribution in [0.15, 0.2) is 47.4 Å². The molecule has 0 atom stereocenters. The Morgan fingerprint density at radius 3 is 2.30 bits per heavy atom. The van der Waals surface area contributed by atoms with Gasteiger partial charge in [0.15, 0.2) is 0 Å². The van der Waals surface area contributed by atoms with Crippen molar-refractivity contribution in [2.75, 3.05) is 43.4 Å². The molecule has 2 aromatic carbocycles. The van der Waals surface area contributed by atoms with Crippen LogP contribution in [0.5, 0.6) is 0 Å². The number of amides is 1. The van der Waals surface area contributed by atoms with Crippen molar-refractivity contribution >= 4 is 38.9 Å². The molecule has 9 heteroatoms. The number of hydrogen-bond donors (Lipinski definition) is 2. The summed E-state index contributed by atoms with van der Waals surface area (Å²) in [6, 6.07) is 11.5. The molecule has 3 N–H and O–H groups in total. The lowest BCUT2D eigenvalue weighted by Gasteiger charge is -2.34. The van der Waals surface area contributed by atoms with Crippen molar-refractivity contribution in [3.05, 3.63) is 53.1 Å². The number of hydrogen-bond acceptors (Lipinski definition) is 5. The molecule has 7 nitrogen and oxygen atoms in total. The van der Waals surface area contributed by atoms with E-state index in [1.165, 1.54) is 18.2 Å². The monoisotopic (exact) mass is 408 g/mol. The third kappa shape index (κ3) is 4.78. The Morgan fingerprint density at radius 1 is 1.07 bits per heavy atom. The molecule has 1 saturated heterocycles. The highest BCUT2D eigenvalue weighted by molar-refractivity contribution is 7.89. The summed E-state index contributed by atoms with van der Waals surface area (Å²) < 4.78 is 23.1. The highest BCUT2D eigenvalue weighted by Crippen LogP contribution is 2.23. The molecule has 1 amide bonds. The minimum Gasteiger partial charge on any atom is -0.369 e. The van der Waals surface area contributed by atoms with Crippen molar-refractivity contribution < 1.29 is 13.2 Å². The summed E-state index contributed by atoms with van der Waals surface area (Å²) in [5.41, 5.74) is 1.88. The Bertz CT molecular complexity index is 940. The summed E-state index contributed by atoms with van der Waals surface area (Å²) in [6.45, 7) is 3.95. The summed E-state index contributed by atoms with van der Waals surface area (Å²) in [7, 11) is -1.90. The Kier molecular flexibility index (Phi) is 5.71. The van der Waals surface area contributed by atoms with E-state index >= 15 is 0 Å². The van der Waals surface area contributed by atoms with Crippen molar-refractivity contribution in [2.45, 2.75) is 4.90 Å². The van der Waals surface area contributed by atoms with E-state index in [2.05, 4.69) is 22.2 Å². The van der Waals surface area contributed by atoms with Gasteiger partial charge in [0, 0.05) is 43.1 Å². The maximum Gasteiger partial charge on any atom is 0.255 e. The molecule has 0 bridgehead atoms. The van der Waals surface area contributed by atoms with Crippen LogP contribution in [0.25, 0.3) is 0 Å². The normalized spacial score (nSPS) is 15.6. The number of benzene rings is 2. The van der Waals surface area contributed by atoms with Gasteiger partial charge in [0.1, 0.15) is 4.90 Å². The van der Waals surface area contributed by atoms with Crippen LogP contribution < -0.4 is 15.4 Å². The number of likely N-dealkylation sites (N-methyl/N-ethyl adjacent to an activating group) is 1. The number of carbonyl (C=O) groups is 1. The Balaban J connectivity index is 1.71. The van der Waals surface area contributed by atoms with Gasteiger partial charge in [0.05, 0.1) is 5.02 Å². The largest absolute Gasteiger partial charge is 0.369 e. The average Bonchev–Trinajstić information content (AvgIpc) is 2.62. The van der Waals surface area contributed by atoms with E-state index in [4.69, 9.17) is 16.7 Å². The number of anilines is 2. The minimum atomic E-state index is -4.01. The van der Waals surface area contributed by atoms with Gasteiger partial charge in [-0.15, -0.1) is 0 Å². The van der Waals surface area contributed by atoms with Gasteiger partial charge in [0.2, 0.25) is 10.0 Å². The molecule has 0 spiro atoms. The van der Waals surface area contributed by atoms with Crippen molar-refractivity contribution in [3.63, 3.8) is 0 Å². The third-order valence-electron chi connectivity index (χ3n) is 4.49. The number of sulfonamides is 1. The van der Waals surface area contributed by atoms with E-state index < -0.39 is 15.9 Å². The molecule has 3 rings (SSSR count). The molecule has 1 fully saturated rings. The Labute approximate surface area is 163 Å². The predicted octanol–water partition coefficient (Wildman–Crippen LogP) is 1.99. The molecule has 1 heterocycles. The fourth-order valence-electron chi connectivity index (χ4n) is 2.89. The number of rotatable bonds is 4. The van der Waals surface area contributed by atoms with Crippen LogP contribution >= 0.6 is 11.6 Å². The first-order valence-electron chi connectivity index (χ1n) is 8.41. The molecule has 2 aromatic rings. The SMILES string of the molecule is CN1CCN(c2ccc(NC(=O)c3ccc(Cl)c(S(N)(=O)=O)c3)cc2)CC1. The lowest BCUT2D eigenvalue weighted by molar-refractivity contribution is 0.102. The van der Waals surface area contributed by atoms with Crippen LogP contribution in [0.4, 0.5) is 11.4 Å². The third-order valence-corrected chi connectivity index (χ3v) is 5.89.